The zero-order valence-corrected chi connectivity index (χ0v) is 8.38. The van der Waals surface area contributed by atoms with Gasteiger partial charge in [0.25, 0.3) is 0 Å². The average molecular weight is 211 g/mol. The smallest absolute Gasteiger partial charge is 0.123 e. The van der Waals surface area contributed by atoms with E-state index in [0.29, 0.717) is 5.56 Å². The van der Waals surface area contributed by atoms with E-state index >= 15 is 0 Å². The van der Waals surface area contributed by atoms with Gasteiger partial charge in [-0.15, -0.1) is 12.4 Å². The summed E-state index contributed by atoms with van der Waals surface area (Å²) in [6.07, 6.45) is 0.272. The zero-order valence-electron chi connectivity index (χ0n) is 7.56. The minimum absolute atomic E-state index is 0. The molecule has 0 aliphatic carbocycles. The zero-order chi connectivity index (χ0) is 9.10. The van der Waals surface area contributed by atoms with Crippen LogP contribution >= 0.6 is 12.4 Å². The van der Waals surface area contributed by atoms with Gasteiger partial charge in [0, 0.05) is 13.1 Å². The number of nitrogens with one attached hydrogen (secondary N) is 1. The van der Waals surface area contributed by atoms with Crippen molar-refractivity contribution in [2.75, 3.05) is 13.1 Å². The van der Waals surface area contributed by atoms with Crippen molar-refractivity contribution in [1.82, 2.24) is 5.32 Å². The Morgan fingerprint density at radius 2 is 2.21 bits per heavy atom. The molecule has 3 nitrogen and oxygen atoms in total. The third kappa shape index (κ3) is 2.38. The van der Waals surface area contributed by atoms with Crippen molar-refractivity contribution in [2.45, 2.75) is 6.10 Å². The van der Waals surface area contributed by atoms with Crippen LogP contribution in [0.15, 0.2) is 24.3 Å². The molecule has 14 heavy (non-hydrogen) atoms. The second kappa shape index (κ2) is 4.85. The van der Waals surface area contributed by atoms with Crippen LogP contribution in [0.3, 0.4) is 0 Å². The van der Waals surface area contributed by atoms with Gasteiger partial charge >= 0.3 is 0 Å². The van der Waals surface area contributed by atoms with Gasteiger partial charge in [0.2, 0.25) is 0 Å². The molecule has 1 N–H and O–H groups in total. The summed E-state index contributed by atoms with van der Waals surface area (Å²) in [7, 11) is 0. The number of ether oxygens (including phenoxy) is 1. The van der Waals surface area contributed by atoms with E-state index in [1.54, 1.807) is 12.1 Å². The number of nitrogens with zero attached hydrogens (tertiary/aromatic N) is 1. The van der Waals surface area contributed by atoms with E-state index in [-0.39, 0.29) is 18.5 Å². The van der Waals surface area contributed by atoms with E-state index in [0.717, 1.165) is 18.8 Å². The van der Waals surface area contributed by atoms with Crippen molar-refractivity contribution < 1.29 is 4.74 Å². The number of halogens is 1. The van der Waals surface area contributed by atoms with Crippen molar-refractivity contribution in [3.63, 3.8) is 0 Å². The van der Waals surface area contributed by atoms with Crippen LogP contribution in [0.5, 0.6) is 5.75 Å². The molecule has 1 heterocycles. The molecule has 1 saturated heterocycles. The fourth-order valence-electron chi connectivity index (χ4n) is 1.18. The van der Waals surface area contributed by atoms with Crippen LogP contribution < -0.4 is 10.1 Å². The number of hydrogen-bond donors (Lipinski definition) is 1. The molecule has 1 fully saturated rings. The Balaban J connectivity index is 0.000000980. The maximum absolute atomic E-state index is 8.65. The number of hydrogen-bond acceptors (Lipinski definition) is 3. The number of rotatable bonds is 2. The molecule has 0 spiro atoms. The maximum atomic E-state index is 8.65. The lowest BCUT2D eigenvalue weighted by atomic mass is 10.2. The van der Waals surface area contributed by atoms with Gasteiger partial charge in [0.1, 0.15) is 11.9 Å². The molecular formula is C10H11ClN2O. The first-order chi connectivity index (χ1) is 6.38. The Hall–Kier alpha value is -1.24. The van der Waals surface area contributed by atoms with Gasteiger partial charge in [-0.25, -0.2) is 0 Å². The predicted octanol–water partition coefficient (Wildman–Crippen LogP) is 1.33. The van der Waals surface area contributed by atoms with E-state index in [4.69, 9.17) is 10.00 Å². The Bertz CT molecular complexity index is 344. The molecule has 1 aromatic carbocycles. The van der Waals surface area contributed by atoms with Crippen molar-refractivity contribution in [3.8, 4) is 11.8 Å². The van der Waals surface area contributed by atoms with E-state index in [2.05, 4.69) is 11.4 Å². The van der Waals surface area contributed by atoms with Crippen LogP contribution in [0.2, 0.25) is 0 Å². The number of benzene rings is 1. The Labute approximate surface area is 89.1 Å². The summed E-state index contributed by atoms with van der Waals surface area (Å²) in [5, 5.41) is 11.8. The molecule has 2 rings (SSSR count). The van der Waals surface area contributed by atoms with Crippen LogP contribution in [0.25, 0.3) is 0 Å². The van der Waals surface area contributed by atoms with Gasteiger partial charge < -0.3 is 10.1 Å². The van der Waals surface area contributed by atoms with Gasteiger partial charge in [-0.3, -0.25) is 0 Å². The molecular weight excluding hydrogens is 200 g/mol. The van der Waals surface area contributed by atoms with Crippen molar-refractivity contribution in [3.05, 3.63) is 29.8 Å². The van der Waals surface area contributed by atoms with E-state index in [1.165, 1.54) is 0 Å². The van der Waals surface area contributed by atoms with Crippen LogP contribution in [-0.2, 0) is 0 Å². The summed E-state index contributed by atoms with van der Waals surface area (Å²) in [4.78, 5) is 0. The van der Waals surface area contributed by atoms with E-state index < -0.39 is 0 Å². The lowest BCUT2D eigenvalue weighted by molar-refractivity contribution is 0.142. The summed E-state index contributed by atoms with van der Waals surface area (Å²) >= 11 is 0. The Morgan fingerprint density at radius 1 is 1.43 bits per heavy atom. The van der Waals surface area contributed by atoms with Gasteiger partial charge in [-0.1, -0.05) is 6.07 Å². The summed E-state index contributed by atoms with van der Waals surface area (Å²) in [6, 6.07) is 9.32. The second-order valence-corrected chi connectivity index (χ2v) is 3.04. The first kappa shape index (κ1) is 10.8. The summed E-state index contributed by atoms with van der Waals surface area (Å²) < 4.78 is 5.58. The topological polar surface area (TPSA) is 45.0 Å². The molecule has 0 aromatic heterocycles. The maximum Gasteiger partial charge on any atom is 0.123 e. The van der Waals surface area contributed by atoms with Crippen LogP contribution in [0, 0.1) is 11.3 Å². The standard InChI is InChI=1S/C10H10N2O.ClH/c11-5-8-2-1-3-9(4-8)13-10-6-12-7-10;/h1-4,10,12H,6-7H2;1H. The fraction of sp³-hybridized carbons (Fsp3) is 0.300. The lowest BCUT2D eigenvalue weighted by Crippen LogP contribution is -2.50. The molecule has 4 heteroatoms. The molecule has 0 saturated carbocycles. The molecule has 0 radical (unpaired) electrons. The molecule has 1 aliphatic rings. The summed E-state index contributed by atoms with van der Waals surface area (Å²) in [6.45, 7) is 1.80. The highest BCUT2D eigenvalue weighted by molar-refractivity contribution is 5.85. The first-order valence-electron chi connectivity index (χ1n) is 4.26. The van der Waals surface area contributed by atoms with Crippen molar-refractivity contribution >= 4 is 12.4 Å². The molecule has 0 bridgehead atoms. The second-order valence-electron chi connectivity index (χ2n) is 3.04. The van der Waals surface area contributed by atoms with Gasteiger partial charge in [0.05, 0.1) is 11.6 Å². The minimum atomic E-state index is 0. The van der Waals surface area contributed by atoms with Crippen LogP contribution in [0.1, 0.15) is 5.56 Å². The van der Waals surface area contributed by atoms with Crippen molar-refractivity contribution in [1.29, 1.82) is 5.26 Å². The van der Waals surface area contributed by atoms with Gasteiger partial charge in [-0.2, -0.15) is 5.26 Å². The average Bonchev–Trinajstić information content (AvgIpc) is 2.12. The molecule has 1 aliphatic heterocycles. The number of nitriles is 1. The summed E-state index contributed by atoms with van der Waals surface area (Å²) in [5.74, 6) is 0.783. The quantitative estimate of drug-likeness (QED) is 0.801. The molecule has 74 valence electrons. The molecule has 0 amide bonds. The third-order valence-corrected chi connectivity index (χ3v) is 2.01. The van der Waals surface area contributed by atoms with E-state index in [9.17, 15) is 0 Å². The first-order valence-corrected chi connectivity index (χ1v) is 4.26. The van der Waals surface area contributed by atoms with Gasteiger partial charge in [0.15, 0.2) is 0 Å². The largest absolute Gasteiger partial charge is 0.488 e. The Kier molecular flexibility index (Phi) is 3.75. The van der Waals surface area contributed by atoms with Crippen molar-refractivity contribution in [2.24, 2.45) is 0 Å². The minimum Gasteiger partial charge on any atom is -0.488 e. The highest BCUT2D eigenvalue weighted by Gasteiger charge is 2.17. The highest BCUT2D eigenvalue weighted by atomic mass is 35.5. The van der Waals surface area contributed by atoms with E-state index in [1.807, 2.05) is 12.1 Å². The highest BCUT2D eigenvalue weighted by Crippen LogP contribution is 2.15. The van der Waals surface area contributed by atoms with Crippen LogP contribution in [0.4, 0.5) is 0 Å². The summed E-state index contributed by atoms with van der Waals surface area (Å²) in [5.41, 5.74) is 0.643. The fourth-order valence-corrected chi connectivity index (χ4v) is 1.18. The third-order valence-electron chi connectivity index (χ3n) is 2.01. The van der Waals surface area contributed by atoms with Gasteiger partial charge in [-0.05, 0) is 18.2 Å². The lowest BCUT2D eigenvalue weighted by Gasteiger charge is -2.27. The predicted molar refractivity (Wildman–Crippen MR) is 55.7 cm³/mol. The monoisotopic (exact) mass is 210 g/mol. The SMILES string of the molecule is Cl.N#Cc1cccc(OC2CNC2)c1. The Morgan fingerprint density at radius 3 is 2.79 bits per heavy atom. The molecule has 0 unspecified atom stereocenters. The normalized spacial score (nSPS) is 14.8. The molecule has 0 atom stereocenters. The van der Waals surface area contributed by atoms with Crippen LogP contribution in [-0.4, -0.2) is 19.2 Å². The molecule has 1 aromatic rings.